The molecule has 0 saturated carbocycles. The minimum atomic E-state index is -4.32. The van der Waals surface area contributed by atoms with E-state index in [1.165, 1.54) is 268 Å². The first kappa shape index (κ1) is 64.0. The van der Waals surface area contributed by atoms with E-state index in [0.717, 1.165) is 36.8 Å². The molecule has 0 aliphatic heterocycles. The molecule has 0 saturated heterocycles. The van der Waals surface area contributed by atoms with Crippen molar-refractivity contribution in [2.75, 3.05) is 0 Å². The summed E-state index contributed by atoms with van der Waals surface area (Å²) < 4.78 is 65.6. The Kier molecular flexibility index (Phi) is 44.8. The van der Waals surface area contributed by atoms with Crippen LogP contribution in [0.25, 0.3) is 0 Å². The van der Waals surface area contributed by atoms with Gasteiger partial charge in [0.2, 0.25) is 0 Å². The summed E-state index contributed by atoms with van der Waals surface area (Å²) in [6.07, 6.45) is 57.2. The maximum atomic E-state index is 10.9. The van der Waals surface area contributed by atoms with E-state index in [9.17, 15) is 25.9 Å². The molecule has 9 heteroatoms. The Morgan fingerprint density at radius 1 is 0.277 bits per heavy atom. The summed E-state index contributed by atoms with van der Waals surface area (Å²) in [5.74, 6) is 0. The number of hydrogen-bond acceptors (Lipinski definition) is 6. The van der Waals surface area contributed by atoms with Crippen molar-refractivity contribution in [2.24, 2.45) is 0 Å². The topological polar surface area (TPSA) is 114 Å². The molecule has 2 aromatic carbocycles. The van der Waals surface area contributed by atoms with Crippen LogP contribution in [-0.2, 0) is 33.1 Å². The molecule has 0 aliphatic rings. The molecule has 0 atom stereocenters. The molecular weight excluding hydrogens is 857 g/mol. The number of hydrogen-bond donors (Lipinski definition) is 0. The van der Waals surface area contributed by atoms with Gasteiger partial charge in [0.05, 0.1) is 9.79 Å². The fourth-order valence-corrected chi connectivity index (χ4v) is 9.75. The van der Waals surface area contributed by atoms with Crippen molar-refractivity contribution in [3.63, 3.8) is 0 Å². The van der Waals surface area contributed by atoms with Crippen LogP contribution in [0.4, 0.5) is 0 Å². The average Bonchev–Trinajstić information content (AvgIpc) is 3.27. The summed E-state index contributed by atoms with van der Waals surface area (Å²) in [6, 6.07) is 12.8. The second-order valence-corrected chi connectivity index (χ2v) is 21.9. The van der Waals surface area contributed by atoms with E-state index < -0.39 is 20.2 Å². The Bertz CT molecular complexity index is 1400. The van der Waals surface area contributed by atoms with Gasteiger partial charge in [-0.15, -0.1) is 0 Å². The average molecular weight is 956 g/mol. The maximum absolute atomic E-state index is 10.9. The Morgan fingerprint density at radius 3 is 0.585 bits per heavy atom. The zero-order chi connectivity index (χ0) is 46.7. The first-order valence-corrected chi connectivity index (χ1v) is 30.0. The van der Waals surface area contributed by atoms with Crippen LogP contribution in [0.2, 0.25) is 0 Å². The van der Waals surface area contributed by atoms with Gasteiger partial charge in [0.15, 0.2) is 0 Å². The molecular formula is C56H98MgO6S2. The van der Waals surface area contributed by atoms with E-state index in [4.69, 9.17) is 0 Å². The van der Waals surface area contributed by atoms with Gasteiger partial charge >= 0.3 is 23.1 Å². The van der Waals surface area contributed by atoms with E-state index >= 15 is 0 Å². The van der Waals surface area contributed by atoms with Gasteiger partial charge in [0.25, 0.3) is 0 Å². The van der Waals surface area contributed by atoms with E-state index in [1.807, 2.05) is 0 Å². The summed E-state index contributed by atoms with van der Waals surface area (Å²) in [5.41, 5.74) is 2.22. The summed E-state index contributed by atoms with van der Waals surface area (Å²) in [5, 5.41) is 0. The number of aryl methyl sites for hydroxylation is 2. The second kappa shape index (κ2) is 45.5. The molecule has 0 bridgehead atoms. The van der Waals surface area contributed by atoms with Crippen molar-refractivity contribution in [3.8, 4) is 0 Å². The zero-order valence-electron chi connectivity index (χ0n) is 42.3. The van der Waals surface area contributed by atoms with Crippen molar-refractivity contribution < 1.29 is 25.9 Å². The fraction of sp³-hybridized carbons (Fsp3) is 0.786. The summed E-state index contributed by atoms with van der Waals surface area (Å²) >= 11 is 0. The summed E-state index contributed by atoms with van der Waals surface area (Å²) in [6.45, 7) is 4.57. The van der Waals surface area contributed by atoms with Gasteiger partial charge < -0.3 is 9.11 Å². The maximum Gasteiger partial charge on any atom is 2.00 e. The van der Waals surface area contributed by atoms with Gasteiger partial charge in [-0.2, -0.15) is 0 Å². The van der Waals surface area contributed by atoms with E-state index in [2.05, 4.69) is 13.8 Å². The van der Waals surface area contributed by atoms with Crippen LogP contribution >= 0.6 is 0 Å². The molecule has 6 nitrogen and oxygen atoms in total. The first-order valence-electron chi connectivity index (χ1n) is 27.2. The van der Waals surface area contributed by atoms with Gasteiger partial charge in [-0.1, -0.05) is 282 Å². The quantitative estimate of drug-likeness (QED) is 0.0371. The molecule has 0 heterocycles. The normalized spacial score (nSPS) is 11.6. The zero-order valence-corrected chi connectivity index (χ0v) is 45.3. The molecule has 2 aromatic rings. The Balaban J connectivity index is 0.00000124. The molecule has 0 fully saturated rings. The van der Waals surface area contributed by atoms with Crippen molar-refractivity contribution in [1.82, 2.24) is 0 Å². The van der Waals surface area contributed by atoms with Gasteiger partial charge in [0.1, 0.15) is 20.2 Å². The molecule has 65 heavy (non-hydrogen) atoms. The molecule has 0 aliphatic carbocycles. The van der Waals surface area contributed by atoms with Crippen molar-refractivity contribution in [2.45, 2.75) is 293 Å². The summed E-state index contributed by atoms with van der Waals surface area (Å²) in [4.78, 5) is -0.269. The molecule has 2 rings (SSSR count). The predicted octanol–water partition coefficient (Wildman–Crippen LogP) is 17.5. The number of rotatable bonds is 44. The third kappa shape index (κ3) is 41.7. The number of unbranched alkanes of at least 4 members (excludes halogenated alkanes) is 38. The van der Waals surface area contributed by atoms with Crippen LogP contribution in [0.3, 0.4) is 0 Å². The Morgan fingerprint density at radius 2 is 0.431 bits per heavy atom. The van der Waals surface area contributed by atoms with Crippen LogP contribution < -0.4 is 0 Å². The largest absolute Gasteiger partial charge is 2.00 e. The SMILES string of the molecule is CCCCCCCCCCCCCCCCCCCCCCc1ccc(S(=O)(=O)[O-])cc1.CCCCCCCCCCCCCCCCCCCCCCc1ccc(S(=O)(=O)[O-])cc1.[Mg+2]. The number of benzene rings is 2. The minimum Gasteiger partial charge on any atom is -0.744 e. The van der Waals surface area contributed by atoms with Crippen LogP contribution in [-0.4, -0.2) is 49.0 Å². The van der Waals surface area contributed by atoms with Crippen LogP contribution in [0.1, 0.15) is 282 Å². The molecule has 0 amide bonds. The first-order chi connectivity index (χ1) is 31.1. The van der Waals surface area contributed by atoms with E-state index in [-0.39, 0.29) is 32.8 Å². The molecule has 0 aromatic heterocycles. The molecule has 0 N–H and O–H groups in total. The molecule has 372 valence electrons. The third-order valence-corrected chi connectivity index (χ3v) is 14.8. The second-order valence-electron chi connectivity index (χ2n) is 19.1. The minimum absolute atomic E-state index is 0. The van der Waals surface area contributed by atoms with Crippen molar-refractivity contribution >= 4 is 43.3 Å². The smallest absolute Gasteiger partial charge is 0.744 e. The van der Waals surface area contributed by atoms with Gasteiger partial charge in [-0.3, -0.25) is 0 Å². The van der Waals surface area contributed by atoms with Crippen LogP contribution in [0.5, 0.6) is 0 Å². The van der Waals surface area contributed by atoms with E-state index in [0.29, 0.717) is 0 Å². The van der Waals surface area contributed by atoms with Crippen LogP contribution in [0, 0.1) is 0 Å². The standard InChI is InChI=1S/2C28H50O3S.Mg/c2*1-2-3-4-5-6-7-8-9-10-11-12-13-14-15-16-17-18-19-20-21-22-27-23-25-28(26-24-27)32(29,30)31;/h2*23-26H,2-22H2,1H3,(H,29,30,31);/q;;+2/p-2. The van der Waals surface area contributed by atoms with Crippen molar-refractivity contribution in [3.05, 3.63) is 59.7 Å². The van der Waals surface area contributed by atoms with Gasteiger partial charge in [-0.25, -0.2) is 16.8 Å². The molecule has 0 unspecified atom stereocenters. The van der Waals surface area contributed by atoms with Gasteiger partial charge in [0, 0.05) is 0 Å². The summed E-state index contributed by atoms with van der Waals surface area (Å²) in [7, 11) is -8.65. The monoisotopic (exact) mass is 955 g/mol. The molecule has 0 spiro atoms. The molecule has 0 radical (unpaired) electrons. The van der Waals surface area contributed by atoms with Gasteiger partial charge in [-0.05, 0) is 61.1 Å². The van der Waals surface area contributed by atoms with Crippen LogP contribution in [0.15, 0.2) is 58.3 Å². The van der Waals surface area contributed by atoms with Crippen molar-refractivity contribution in [1.29, 1.82) is 0 Å². The Labute approximate surface area is 419 Å². The Hall–Kier alpha value is -0.974. The fourth-order valence-electron chi connectivity index (χ4n) is 8.81. The predicted molar refractivity (Wildman–Crippen MR) is 278 cm³/mol. The third-order valence-electron chi connectivity index (χ3n) is 13.1. The van der Waals surface area contributed by atoms with E-state index in [1.54, 1.807) is 24.3 Å².